The van der Waals surface area contributed by atoms with Crippen LogP contribution in [-0.4, -0.2) is 11.2 Å². The Bertz CT molecular complexity index is 400. The lowest BCUT2D eigenvalue weighted by Crippen LogP contribution is -2.35. The van der Waals surface area contributed by atoms with Crippen LogP contribution in [0.2, 0.25) is 0 Å². The molecule has 1 aromatic rings. The Labute approximate surface area is 89.9 Å². The maximum absolute atomic E-state index is 10.7. The number of aliphatic hydroxyl groups is 1. The molecule has 2 heteroatoms. The van der Waals surface area contributed by atoms with Crippen molar-refractivity contribution < 1.29 is 9.84 Å². The van der Waals surface area contributed by atoms with Gasteiger partial charge in [0.05, 0.1) is 0 Å². The summed E-state index contributed by atoms with van der Waals surface area (Å²) in [6.45, 7) is 1.97. The number of benzene rings is 1. The predicted molar refractivity (Wildman–Crippen MR) is 58.0 cm³/mol. The predicted octanol–water partition coefficient (Wildman–Crippen LogP) is 2.38. The van der Waals surface area contributed by atoms with E-state index >= 15 is 0 Å². The summed E-state index contributed by atoms with van der Waals surface area (Å²) < 4.78 is 5.74. The van der Waals surface area contributed by atoms with Gasteiger partial charge < -0.3 is 9.84 Å². The summed E-state index contributed by atoms with van der Waals surface area (Å²) >= 11 is 0. The largest absolute Gasteiger partial charge is 0.487 e. The monoisotopic (exact) mass is 204 g/mol. The molecule has 3 rings (SSSR count). The highest BCUT2D eigenvalue weighted by Crippen LogP contribution is 2.47. The van der Waals surface area contributed by atoms with Crippen molar-refractivity contribution in [1.82, 2.24) is 0 Å². The molecule has 0 bridgehead atoms. The average molecular weight is 204 g/mol. The van der Waals surface area contributed by atoms with Gasteiger partial charge in [-0.15, -0.1) is 0 Å². The van der Waals surface area contributed by atoms with E-state index in [4.69, 9.17) is 4.74 Å². The van der Waals surface area contributed by atoms with Crippen LogP contribution in [0, 0.1) is 0 Å². The molecule has 0 amide bonds. The molecule has 80 valence electrons. The van der Waals surface area contributed by atoms with Crippen LogP contribution in [0.3, 0.4) is 0 Å². The first-order chi connectivity index (χ1) is 7.22. The van der Waals surface area contributed by atoms with Crippen molar-refractivity contribution >= 4 is 0 Å². The fourth-order valence-electron chi connectivity index (χ4n) is 2.90. The second-order valence-corrected chi connectivity index (χ2v) is 4.68. The van der Waals surface area contributed by atoms with Gasteiger partial charge in [0, 0.05) is 5.56 Å². The summed E-state index contributed by atoms with van der Waals surface area (Å²) in [4.78, 5) is 0. The lowest BCUT2D eigenvalue weighted by molar-refractivity contribution is -0.0386. The molecule has 0 saturated heterocycles. The Morgan fingerprint density at radius 3 is 3.13 bits per heavy atom. The van der Waals surface area contributed by atoms with Gasteiger partial charge in [0.15, 0.2) is 0 Å². The van der Waals surface area contributed by atoms with Crippen LogP contribution in [0.15, 0.2) is 18.2 Å². The van der Waals surface area contributed by atoms with E-state index in [9.17, 15) is 5.11 Å². The molecular formula is C13H16O2. The molecule has 0 aromatic heterocycles. The van der Waals surface area contributed by atoms with Crippen LogP contribution in [0.5, 0.6) is 5.75 Å². The van der Waals surface area contributed by atoms with Crippen molar-refractivity contribution in [1.29, 1.82) is 0 Å². The fourth-order valence-corrected chi connectivity index (χ4v) is 2.90. The lowest BCUT2D eigenvalue weighted by atomic mass is 9.85. The van der Waals surface area contributed by atoms with Gasteiger partial charge in [-0.1, -0.05) is 12.1 Å². The molecule has 2 aliphatic rings. The van der Waals surface area contributed by atoms with Crippen LogP contribution < -0.4 is 4.74 Å². The van der Waals surface area contributed by atoms with E-state index in [2.05, 4.69) is 6.07 Å². The SMILES string of the molecule is CC1Oc2cccc3c2C1(O)CCCC3. The highest BCUT2D eigenvalue weighted by atomic mass is 16.5. The number of hydrogen-bond acceptors (Lipinski definition) is 2. The molecule has 1 aliphatic heterocycles. The molecule has 15 heavy (non-hydrogen) atoms. The van der Waals surface area contributed by atoms with Crippen LogP contribution in [0.4, 0.5) is 0 Å². The summed E-state index contributed by atoms with van der Waals surface area (Å²) in [7, 11) is 0. The summed E-state index contributed by atoms with van der Waals surface area (Å²) in [5, 5.41) is 10.7. The first kappa shape index (κ1) is 9.22. The third kappa shape index (κ3) is 1.14. The minimum atomic E-state index is -0.734. The number of ether oxygens (including phenoxy) is 1. The Morgan fingerprint density at radius 2 is 2.27 bits per heavy atom. The van der Waals surface area contributed by atoms with Gasteiger partial charge in [0.2, 0.25) is 0 Å². The van der Waals surface area contributed by atoms with Crippen molar-refractivity contribution in [3.8, 4) is 5.75 Å². The van der Waals surface area contributed by atoms with Crippen molar-refractivity contribution in [2.75, 3.05) is 0 Å². The number of aryl methyl sites for hydroxylation is 1. The quantitative estimate of drug-likeness (QED) is 0.703. The Morgan fingerprint density at radius 1 is 1.40 bits per heavy atom. The summed E-state index contributed by atoms with van der Waals surface area (Å²) in [5.41, 5.74) is 1.61. The third-order valence-corrected chi connectivity index (χ3v) is 3.78. The van der Waals surface area contributed by atoms with E-state index in [-0.39, 0.29) is 6.10 Å². The maximum Gasteiger partial charge on any atom is 0.130 e. The molecule has 1 heterocycles. The second-order valence-electron chi connectivity index (χ2n) is 4.68. The summed E-state index contributed by atoms with van der Waals surface area (Å²) in [6, 6.07) is 6.12. The molecule has 0 saturated carbocycles. The zero-order valence-electron chi connectivity index (χ0n) is 8.99. The van der Waals surface area contributed by atoms with Gasteiger partial charge in [-0.2, -0.15) is 0 Å². The van der Waals surface area contributed by atoms with Crippen molar-refractivity contribution in [2.24, 2.45) is 0 Å². The molecule has 1 aliphatic carbocycles. The molecular weight excluding hydrogens is 188 g/mol. The normalized spacial score (nSPS) is 33.1. The van der Waals surface area contributed by atoms with Crippen LogP contribution >= 0.6 is 0 Å². The van der Waals surface area contributed by atoms with E-state index in [1.54, 1.807) is 0 Å². The lowest BCUT2D eigenvalue weighted by Gasteiger charge is -2.26. The van der Waals surface area contributed by atoms with Crippen LogP contribution in [-0.2, 0) is 12.0 Å². The van der Waals surface area contributed by atoms with Crippen LogP contribution in [0.1, 0.15) is 37.3 Å². The summed E-state index contributed by atoms with van der Waals surface area (Å²) in [6.07, 6.45) is 4.05. The van der Waals surface area contributed by atoms with Gasteiger partial charge in [-0.05, 0) is 44.2 Å². The first-order valence-corrected chi connectivity index (χ1v) is 5.73. The average Bonchev–Trinajstić information content (AvgIpc) is 2.39. The molecule has 1 aromatic carbocycles. The zero-order chi connectivity index (χ0) is 10.5. The third-order valence-electron chi connectivity index (χ3n) is 3.78. The molecule has 2 nitrogen and oxygen atoms in total. The minimum absolute atomic E-state index is 0.105. The van der Waals surface area contributed by atoms with E-state index < -0.39 is 5.60 Å². The highest BCUT2D eigenvalue weighted by Gasteiger charge is 2.46. The molecule has 0 fully saturated rings. The second kappa shape index (κ2) is 2.99. The molecule has 1 N–H and O–H groups in total. The minimum Gasteiger partial charge on any atom is -0.487 e. The molecule has 0 spiro atoms. The van der Waals surface area contributed by atoms with E-state index in [1.165, 1.54) is 12.0 Å². The molecule has 0 radical (unpaired) electrons. The topological polar surface area (TPSA) is 29.5 Å². The van der Waals surface area contributed by atoms with Gasteiger partial charge in [0.1, 0.15) is 17.5 Å². The maximum atomic E-state index is 10.7. The van der Waals surface area contributed by atoms with E-state index in [1.807, 2.05) is 19.1 Å². The fraction of sp³-hybridized carbons (Fsp3) is 0.538. The number of rotatable bonds is 0. The van der Waals surface area contributed by atoms with Crippen molar-refractivity contribution in [3.05, 3.63) is 29.3 Å². The van der Waals surface area contributed by atoms with Gasteiger partial charge in [0.25, 0.3) is 0 Å². The van der Waals surface area contributed by atoms with Gasteiger partial charge in [-0.3, -0.25) is 0 Å². The Kier molecular flexibility index (Phi) is 1.84. The summed E-state index contributed by atoms with van der Waals surface area (Å²) in [5.74, 6) is 0.893. The van der Waals surface area contributed by atoms with Gasteiger partial charge >= 0.3 is 0 Å². The van der Waals surface area contributed by atoms with Crippen molar-refractivity contribution in [2.45, 2.75) is 44.3 Å². The van der Waals surface area contributed by atoms with Crippen molar-refractivity contribution in [3.63, 3.8) is 0 Å². The zero-order valence-corrected chi connectivity index (χ0v) is 8.99. The van der Waals surface area contributed by atoms with Gasteiger partial charge in [-0.25, -0.2) is 0 Å². The van der Waals surface area contributed by atoms with Crippen LogP contribution in [0.25, 0.3) is 0 Å². The first-order valence-electron chi connectivity index (χ1n) is 5.73. The van der Waals surface area contributed by atoms with E-state index in [0.29, 0.717) is 0 Å². The highest BCUT2D eigenvalue weighted by molar-refractivity contribution is 5.49. The molecule has 2 atom stereocenters. The smallest absolute Gasteiger partial charge is 0.130 e. The standard InChI is InChI=1S/C13H16O2/c1-9-13(14)8-3-2-5-10-6-4-7-11(15-9)12(10)13/h4,6-7,9,14H,2-3,5,8H2,1H3. The Hall–Kier alpha value is -1.02. The molecule has 2 unspecified atom stereocenters. The number of hydrogen-bond donors (Lipinski definition) is 1. The van der Waals surface area contributed by atoms with E-state index in [0.717, 1.165) is 30.6 Å². The Balaban J connectivity index is 2.24.